The van der Waals surface area contributed by atoms with Gasteiger partial charge in [-0.25, -0.2) is 4.98 Å². The maximum absolute atomic E-state index is 11.3. The lowest BCUT2D eigenvalue weighted by Gasteiger charge is -2.03. The maximum Gasteiger partial charge on any atom is 0.307 e. The molecule has 0 saturated carbocycles. The molecule has 0 amide bonds. The summed E-state index contributed by atoms with van der Waals surface area (Å²) in [5.41, 5.74) is 2.35. The molecule has 0 aliphatic carbocycles. The van der Waals surface area contributed by atoms with Crippen LogP contribution >= 0.6 is 11.8 Å². The molecular weight excluding hydrogens is 276 g/mol. The number of aryl methyl sites for hydroxylation is 1. The Morgan fingerprint density at radius 3 is 2.55 bits per heavy atom. The number of nitrogens with one attached hydrogen (secondary N) is 1. The molecule has 2 aromatic rings. The van der Waals surface area contributed by atoms with Gasteiger partial charge in [-0.1, -0.05) is 36.0 Å². The Bertz CT molecular complexity index is 665. The zero-order chi connectivity index (χ0) is 14.5. The summed E-state index contributed by atoms with van der Waals surface area (Å²) in [6.07, 6.45) is 0.0280. The van der Waals surface area contributed by atoms with Gasteiger partial charge in [0.2, 0.25) is 0 Å². The van der Waals surface area contributed by atoms with E-state index in [9.17, 15) is 9.59 Å². The van der Waals surface area contributed by atoms with Gasteiger partial charge in [-0.15, -0.1) is 0 Å². The van der Waals surface area contributed by atoms with E-state index in [0.29, 0.717) is 16.6 Å². The van der Waals surface area contributed by atoms with E-state index in [1.807, 2.05) is 12.1 Å². The molecule has 1 aromatic carbocycles. The number of carboxylic acids is 1. The second kappa shape index (κ2) is 6.38. The van der Waals surface area contributed by atoms with Gasteiger partial charge in [0.1, 0.15) is 0 Å². The standard InChI is InChI=1S/C14H14N2O3S/c1-9-6-12(17)16-14(15-9)20-8-11-4-2-10(3-5-11)7-13(18)19/h2-6H,7-8H2,1H3,(H,18,19)(H,15,16,17). The smallest absolute Gasteiger partial charge is 0.307 e. The number of H-pyrrole nitrogens is 1. The second-order valence-electron chi connectivity index (χ2n) is 4.37. The van der Waals surface area contributed by atoms with Gasteiger partial charge >= 0.3 is 5.97 Å². The van der Waals surface area contributed by atoms with Gasteiger partial charge in [0.15, 0.2) is 5.16 Å². The molecule has 104 valence electrons. The third kappa shape index (κ3) is 4.24. The van der Waals surface area contributed by atoms with Crippen LogP contribution in [0.15, 0.2) is 40.3 Å². The predicted octanol–water partition coefficient (Wildman–Crippen LogP) is 2.00. The second-order valence-corrected chi connectivity index (χ2v) is 5.33. The first-order valence-corrected chi connectivity index (χ1v) is 7.02. The zero-order valence-electron chi connectivity index (χ0n) is 10.9. The highest BCUT2D eigenvalue weighted by Crippen LogP contribution is 2.18. The molecule has 1 aromatic heterocycles. The van der Waals surface area contributed by atoms with Crippen molar-refractivity contribution in [3.63, 3.8) is 0 Å². The molecule has 5 nitrogen and oxygen atoms in total. The Kier molecular flexibility index (Phi) is 4.57. The summed E-state index contributed by atoms with van der Waals surface area (Å²) in [7, 11) is 0. The molecule has 0 fully saturated rings. The average molecular weight is 290 g/mol. The Balaban J connectivity index is 2.00. The number of carboxylic acid groups (broad SMARTS) is 1. The molecule has 2 N–H and O–H groups in total. The highest BCUT2D eigenvalue weighted by Gasteiger charge is 2.03. The Morgan fingerprint density at radius 1 is 1.30 bits per heavy atom. The fourth-order valence-electron chi connectivity index (χ4n) is 1.70. The number of benzene rings is 1. The van der Waals surface area contributed by atoms with Crippen LogP contribution in [0.25, 0.3) is 0 Å². The Morgan fingerprint density at radius 2 is 1.95 bits per heavy atom. The van der Waals surface area contributed by atoms with E-state index in [1.165, 1.54) is 17.8 Å². The maximum atomic E-state index is 11.3. The van der Waals surface area contributed by atoms with E-state index in [-0.39, 0.29) is 12.0 Å². The first-order chi connectivity index (χ1) is 9.52. The number of hydrogen-bond donors (Lipinski definition) is 2. The lowest BCUT2D eigenvalue weighted by Crippen LogP contribution is -2.08. The molecule has 2 rings (SSSR count). The Labute approximate surface area is 120 Å². The molecule has 6 heteroatoms. The van der Waals surface area contributed by atoms with Crippen molar-refractivity contribution in [3.05, 3.63) is 57.5 Å². The van der Waals surface area contributed by atoms with E-state index in [0.717, 1.165) is 11.1 Å². The van der Waals surface area contributed by atoms with E-state index < -0.39 is 5.97 Å². The van der Waals surface area contributed by atoms with Crippen molar-refractivity contribution >= 4 is 17.7 Å². The first-order valence-electron chi connectivity index (χ1n) is 6.03. The van der Waals surface area contributed by atoms with Crippen LogP contribution in [0.3, 0.4) is 0 Å². The molecule has 20 heavy (non-hydrogen) atoms. The number of rotatable bonds is 5. The molecule has 0 saturated heterocycles. The number of nitrogens with zero attached hydrogens (tertiary/aromatic N) is 1. The van der Waals surface area contributed by atoms with Crippen LogP contribution in [-0.4, -0.2) is 21.0 Å². The minimum Gasteiger partial charge on any atom is -0.481 e. The molecule has 0 bridgehead atoms. The summed E-state index contributed by atoms with van der Waals surface area (Å²) in [5, 5.41) is 9.28. The van der Waals surface area contributed by atoms with Crippen molar-refractivity contribution < 1.29 is 9.90 Å². The minimum absolute atomic E-state index is 0.0280. The lowest BCUT2D eigenvalue weighted by molar-refractivity contribution is -0.136. The molecule has 0 radical (unpaired) electrons. The highest BCUT2D eigenvalue weighted by atomic mass is 32.2. The van der Waals surface area contributed by atoms with Crippen LogP contribution in [0.2, 0.25) is 0 Å². The van der Waals surface area contributed by atoms with Gasteiger partial charge < -0.3 is 10.1 Å². The van der Waals surface area contributed by atoms with Gasteiger partial charge in [-0.2, -0.15) is 0 Å². The molecule has 0 spiro atoms. The van der Waals surface area contributed by atoms with Crippen molar-refractivity contribution in [3.8, 4) is 0 Å². The fraction of sp³-hybridized carbons (Fsp3) is 0.214. The first kappa shape index (κ1) is 14.3. The number of carbonyl (C=O) groups is 1. The molecular formula is C14H14N2O3S. The third-order valence-corrected chi connectivity index (χ3v) is 3.55. The summed E-state index contributed by atoms with van der Waals surface area (Å²) in [6, 6.07) is 8.83. The van der Waals surface area contributed by atoms with Crippen LogP contribution in [0, 0.1) is 6.92 Å². The quantitative estimate of drug-likeness (QED) is 0.650. The number of hydrogen-bond acceptors (Lipinski definition) is 4. The molecule has 0 aliphatic heterocycles. The van der Waals surface area contributed by atoms with Crippen molar-refractivity contribution in [1.82, 2.24) is 9.97 Å². The number of aliphatic carboxylic acids is 1. The van der Waals surface area contributed by atoms with Crippen molar-refractivity contribution in [2.45, 2.75) is 24.3 Å². The van der Waals surface area contributed by atoms with Gasteiger partial charge in [-0.3, -0.25) is 9.59 Å². The Hall–Kier alpha value is -2.08. The number of aromatic nitrogens is 2. The van der Waals surface area contributed by atoms with Gasteiger partial charge in [0.05, 0.1) is 6.42 Å². The topological polar surface area (TPSA) is 83.0 Å². The minimum atomic E-state index is -0.839. The molecule has 0 atom stereocenters. The van der Waals surface area contributed by atoms with Gasteiger partial charge in [-0.05, 0) is 18.1 Å². The molecule has 0 unspecified atom stereocenters. The lowest BCUT2D eigenvalue weighted by atomic mass is 10.1. The monoisotopic (exact) mass is 290 g/mol. The van der Waals surface area contributed by atoms with Crippen LogP contribution in [0.5, 0.6) is 0 Å². The number of thioether (sulfide) groups is 1. The normalized spacial score (nSPS) is 10.4. The van der Waals surface area contributed by atoms with Crippen LogP contribution < -0.4 is 5.56 Å². The van der Waals surface area contributed by atoms with E-state index in [4.69, 9.17) is 5.11 Å². The average Bonchev–Trinajstić information content (AvgIpc) is 2.36. The van der Waals surface area contributed by atoms with Gasteiger partial charge in [0.25, 0.3) is 5.56 Å². The summed E-state index contributed by atoms with van der Waals surface area (Å²) >= 11 is 1.44. The third-order valence-electron chi connectivity index (χ3n) is 2.60. The SMILES string of the molecule is Cc1cc(=O)[nH]c(SCc2ccc(CC(=O)O)cc2)n1. The van der Waals surface area contributed by atoms with Crippen LogP contribution in [-0.2, 0) is 17.0 Å². The largest absolute Gasteiger partial charge is 0.481 e. The van der Waals surface area contributed by atoms with Crippen molar-refractivity contribution in [2.75, 3.05) is 0 Å². The van der Waals surface area contributed by atoms with Crippen molar-refractivity contribution in [2.24, 2.45) is 0 Å². The summed E-state index contributed by atoms with van der Waals surface area (Å²) < 4.78 is 0. The van der Waals surface area contributed by atoms with Crippen molar-refractivity contribution in [1.29, 1.82) is 0 Å². The number of aromatic amines is 1. The van der Waals surface area contributed by atoms with E-state index in [1.54, 1.807) is 19.1 Å². The summed E-state index contributed by atoms with van der Waals surface area (Å²) in [4.78, 5) is 28.8. The molecule has 1 heterocycles. The van der Waals surface area contributed by atoms with Crippen LogP contribution in [0.1, 0.15) is 16.8 Å². The van der Waals surface area contributed by atoms with E-state index >= 15 is 0 Å². The van der Waals surface area contributed by atoms with Crippen LogP contribution in [0.4, 0.5) is 0 Å². The summed E-state index contributed by atoms with van der Waals surface area (Å²) in [5.74, 6) is -0.173. The van der Waals surface area contributed by atoms with Gasteiger partial charge in [0, 0.05) is 17.5 Å². The highest BCUT2D eigenvalue weighted by molar-refractivity contribution is 7.98. The predicted molar refractivity (Wildman–Crippen MR) is 76.9 cm³/mol. The fourth-order valence-corrected chi connectivity index (χ4v) is 2.58. The molecule has 0 aliphatic rings. The zero-order valence-corrected chi connectivity index (χ0v) is 11.7. The summed E-state index contributed by atoms with van der Waals surface area (Å²) in [6.45, 7) is 1.78. The van der Waals surface area contributed by atoms with E-state index in [2.05, 4.69) is 9.97 Å².